The lowest BCUT2D eigenvalue weighted by molar-refractivity contribution is 0.103. The maximum absolute atomic E-state index is 13.4. The molecule has 8 aromatic rings. The minimum atomic E-state index is -0.718. The van der Waals surface area contributed by atoms with E-state index in [4.69, 9.17) is 9.47 Å². The fourth-order valence-electron chi connectivity index (χ4n) is 7.08. The van der Waals surface area contributed by atoms with Gasteiger partial charge in [-0.2, -0.15) is 0 Å². The highest BCUT2D eigenvalue weighted by molar-refractivity contribution is 6.09. The lowest BCUT2D eigenvalue weighted by Gasteiger charge is -2.37. The second kappa shape index (κ2) is 16.1. The second-order valence-electron chi connectivity index (χ2n) is 13.5. The van der Waals surface area contributed by atoms with E-state index in [9.17, 15) is 18.4 Å². The lowest BCUT2D eigenvalue weighted by Crippen LogP contribution is -2.30. The highest BCUT2D eigenvalue weighted by atomic mass is 19.1. The van der Waals surface area contributed by atoms with E-state index in [2.05, 4.69) is 48.5 Å². The van der Waals surface area contributed by atoms with Crippen molar-refractivity contribution in [1.82, 2.24) is 0 Å². The molecule has 0 bridgehead atoms. The van der Waals surface area contributed by atoms with Gasteiger partial charge in [0.1, 0.15) is 34.6 Å². The van der Waals surface area contributed by atoms with Gasteiger partial charge in [-0.1, -0.05) is 84.9 Å². The summed E-state index contributed by atoms with van der Waals surface area (Å²) in [6.45, 7) is 0. The Hall–Kier alpha value is -7.44. The predicted octanol–water partition coefficient (Wildman–Crippen LogP) is 12.4. The quantitative estimate of drug-likeness (QED) is 0.0922. The number of rotatable bonds is 12. The first-order valence-electron chi connectivity index (χ1n) is 18.4. The Morgan fingerprint density at radius 2 is 0.561 bits per heavy atom. The van der Waals surface area contributed by atoms with Crippen molar-refractivity contribution in [3.63, 3.8) is 0 Å². The summed E-state index contributed by atoms with van der Waals surface area (Å²) in [5, 5.41) is 0. The summed E-state index contributed by atoms with van der Waals surface area (Å²) in [5.41, 5.74) is 5.23. The zero-order chi connectivity index (χ0) is 39.2. The molecule has 0 aliphatic rings. The van der Waals surface area contributed by atoms with Crippen molar-refractivity contribution in [2.24, 2.45) is 0 Å². The first-order chi connectivity index (χ1) is 27.9. The van der Waals surface area contributed by atoms with Gasteiger partial charge >= 0.3 is 0 Å². The molecule has 57 heavy (non-hydrogen) atoms. The molecule has 0 aliphatic heterocycles. The van der Waals surface area contributed by atoms with Gasteiger partial charge in [0.2, 0.25) is 0 Å². The number of carbonyl (C=O) groups excluding carboxylic acids is 2. The molecule has 0 aromatic heterocycles. The maximum atomic E-state index is 13.4. The molecule has 8 aromatic carbocycles. The van der Waals surface area contributed by atoms with E-state index in [1.807, 2.05) is 60.7 Å². The fourth-order valence-corrected chi connectivity index (χ4v) is 7.08. The molecule has 4 nitrogen and oxygen atoms in total. The standard InChI is InChI=1S/C51H34F2O4/c52-43-23-11-35(12-24-43)49(54)37-15-27-45(28-16-37)56-47-31-19-41(20-32-47)51(39-7-3-1-4-8-39,40-9-5-2-6-10-40)42-21-33-48(34-22-42)57-46-29-17-38(18-30-46)50(55)36-13-25-44(53)26-14-36/h1-34H. The summed E-state index contributed by atoms with van der Waals surface area (Å²) in [5.74, 6) is 1.21. The van der Waals surface area contributed by atoms with E-state index in [0.717, 1.165) is 22.3 Å². The summed E-state index contributed by atoms with van der Waals surface area (Å²) in [6, 6.07) is 61.5. The molecular formula is C51H34F2O4. The van der Waals surface area contributed by atoms with Crippen LogP contribution in [0.1, 0.15) is 54.1 Å². The summed E-state index contributed by atoms with van der Waals surface area (Å²) in [6.07, 6.45) is 0. The molecule has 0 saturated carbocycles. The van der Waals surface area contributed by atoms with Crippen LogP contribution in [0.25, 0.3) is 0 Å². The molecule has 0 atom stereocenters. The van der Waals surface area contributed by atoms with Crippen LogP contribution in [-0.4, -0.2) is 11.6 Å². The molecule has 0 radical (unpaired) electrons. The normalized spacial score (nSPS) is 11.1. The molecule has 0 fully saturated rings. The van der Waals surface area contributed by atoms with Crippen LogP contribution in [0.5, 0.6) is 23.0 Å². The molecule has 8 rings (SSSR count). The smallest absolute Gasteiger partial charge is 0.193 e. The van der Waals surface area contributed by atoms with Crippen molar-refractivity contribution >= 4 is 11.6 Å². The van der Waals surface area contributed by atoms with E-state index < -0.39 is 17.0 Å². The Balaban J connectivity index is 1.07. The van der Waals surface area contributed by atoms with Gasteiger partial charge in [-0.15, -0.1) is 0 Å². The van der Waals surface area contributed by atoms with Crippen LogP contribution in [0.2, 0.25) is 0 Å². The molecule has 6 heteroatoms. The third kappa shape index (κ3) is 7.75. The van der Waals surface area contributed by atoms with E-state index in [0.29, 0.717) is 45.3 Å². The van der Waals surface area contributed by atoms with Gasteiger partial charge < -0.3 is 9.47 Å². The predicted molar refractivity (Wildman–Crippen MR) is 217 cm³/mol. The fraction of sp³-hybridized carbons (Fsp3) is 0.0196. The van der Waals surface area contributed by atoms with E-state index in [1.165, 1.54) is 48.5 Å². The number of hydrogen-bond donors (Lipinski definition) is 0. The Labute approximate surface area is 329 Å². The molecular weight excluding hydrogens is 715 g/mol. The van der Waals surface area contributed by atoms with Crippen LogP contribution < -0.4 is 9.47 Å². The Bertz CT molecular complexity index is 2420. The maximum Gasteiger partial charge on any atom is 0.193 e. The molecule has 276 valence electrons. The van der Waals surface area contributed by atoms with Gasteiger partial charge in [-0.05, 0) is 144 Å². The summed E-state index contributed by atoms with van der Waals surface area (Å²) < 4.78 is 39.2. The van der Waals surface area contributed by atoms with Crippen molar-refractivity contribution in [3.8, 4) is 23.0 Å². The molecule has 0 amide bonds. The minimum absolute atomic E-state index is 0.199. The van der Waals surface area contributed by atoms with E-state index in [-0.39, 0.29) is 11.6 Å². The zero-order valence-corrected chi connectivity index (χ0v) is 30.5. The number of ketones is 2. The van der Waals surface area contributed by atoms with E-state index >= 15 is 0 Å². The average Bonchev–Trinajstić information content (AvgIpc) is 3.26. The zero-order valence-electron chi connectivity index (χ0n) is 30.5. The highest BCUT2D eigenvalue weighted by Gasteiger charge is 2.38. The van der Waals surface area contributed by atoms with Gasteiger partial charge in [0.05, 0.1) is 5.41 Å². The molecule has 0 spiro atoms. The third-order valence-electron chi connectivity index (χ3n) is 9.91. The van der Waals surface area contributed by atoms with Crippen molar-refractivity contribution in [2.45, 2.75) is 5.41 Å². The summed E-state index contributed by atoms with van der Waals surface area (Å²) in [4.78, 5) is 25.8. The van der Waals surface area contributed by atoms with Gasteiger partial charge in [0.15, 0.2) is 11.6 Å². The second-order valence-corrected chi connectivity index (χ2v) is 13.5. The van der Waals surface area contributed by atoms with Crippen LogP contribution in [-0.2, 0) is 5.41 Å². The third-order valence-corrected chi connectivity index (χ3v) is 9.91. The Kier molecular flexibility index (Phi) is 10.3. The monoisotopic (exact) mass is 748 g/mol. The van der Waals surface area contributed by atoms with Crippen LogP contribution in [0.15, 0.2) is 206 Å². The van der Waals surface area contributed by atoms with Gasteiger partial charge in [-0.3, -0.25) is 9.59 Å². The van der Waals surface area contributed by atoms with Crippen molar-refractivity contribution < 1.29 is 27.8 Å². The largest absolute Gasteiger partial charge is 0.457 e. The average molecular weight is 749 g/mol. The number of hydrogen-bond acceptors (Lipinski definition) is 4. The van der Waals surface area contributed by atoms with Crippen LogP contribution >= 0.6 is 0 Å². The first-order valence-corrected chi connectivity index (χ1v) is 18.4. The van der Waals surface area contributed by atoms with Gasteiger partial charge in [0.25, 0.3) is 0 Å². The van der Waals surface area contributed by atoms with Crippen LogP contribution in [0, 0.1) is 11.6 Å². The van der Waals surface area contributed by atoms with Crippen LogP contribution in [0.4, 0.5) is 8.78 Å². The topological polar surface area (TPSA) is 52.6 Å². The van der Waals surface area contributed by atoms with Crippen molar-refractivity contribution in [2.75, 3.05) is 0 Å². The minimum Gasteiger partial charge on any atom is -0.457 e. The summed E-state index contributed by atoms with van der Waals surface area (Å²) >= 11 is 0. The lowest BCUT2D eigenvalue weighted by atomic mass is 9.65. The van der Waals surface area contributed by atoms with Gasteiger partial charge in [0, 0.05) is 22.3 Å². The Morgan fingerprint density at radius 1 is 0.316 bits per heavy atom. The van der Waals surface area contributed by atoms with Crippen molar-refractivity contribution in [3.05, 3.63) is 262 Å². The van der Waals surface area contributed by atoms with Crippen molar-refractivity contribution in [1.29, 1.82) is 0 Å². The molecule has 0 unspecified atom stereocenters. The van der Waals surface area contributed by atoms with Crippen LogP contribution in [0.3, 0.4) is 0 Å². The molecule has 0 N–H and O–H groups in total. The highest BCUT2D eigenvalue weighted by Crippen LogP contribution is 2.46. The molecule has 0 heterocycles. The van der Waals surface area contributed by atoms with E-state index in [1.54, 1.807) is 48.5 Å². The first kappa shape index (κ1) is 36.5. The number of ether oxygens (including phenoxy) is 2. The Morgan fingerprint density at radius 3 is 0.860 bits per heavy atom. The molecule has 0 saturated heterocycles. The number of halogens is 2. The SMILES string of the molecule is O=C(c1ccc(F)cc1)c1ccc(Oc2ccc(C(c3ccccc3)(c3ccccc3)c3ccc(Oc4ccc(C(=O)c5ccc(F)cc5)cc4)cc3)cc2)cc1. The number of carbonyl (C=O) groups is 2. The molecule has 0 aliphatic carbocycles. The summed E-state index contributed by atoms with van der Waals surface area (Å²) in [7, 11) is 0. The van der Waals surface area contributed by atoms with Gasteiger partial charge in [-0.25, -0.2) is 8.78 Å². The number of benzene rings is 8.